The number of hydrogen-bond acceptors (Lipinski definition) is 2. The number of para-hydroxylation sites is 1. The molecule has 1 aliphatic heterocycles. The zero-order valence-corrected chi connectivity index (χ0v) is 9.15. The highest BCUT2D eigenvalue weighted by atomic mass is 32.2. The van der Waals surface area contributed by atoms with Gasteiger partial charge in [0.2, 0.25) is 5.91 Å². The molecular formula is C11H13NOS. The third kappa shape index (κ3) is 1.64. The van der Waals surface area contributed by atoms with Gasteiger partial charge in [-0.3, -0.25) is 4.79 Å². The van der Waals surface area contributed by atoms with Crippen LogP contribution in [-0.2, 0) is 10.5 Å². The molecule has 1 N–H and O–H groups in total. The lowest BCUT2D eigenvalue weighted by molar-refractivity contribution is -0.117. The van der Waals surface area contributed by atoms with Gasteiger partial charge in [0.15, 0.2) is 0 Å². The minimum Gasteiger partial charge on any atom is -0.325 e. The molecular weight excluding hydrogens is 194 g/mol. The molecule has 3 heteroatoms. The maximum absolute atomic E-state index is 11.8. The fraction of sp³-hybridized carbons (Fsp3) is 0.364. The van der Waals surface area contributed by atoms with E-state index in [1.165, 1.54) is 5.56 Å². The number of thioether (sulfide) groups is 1. The van der Waals surface area contributed by atoms with Crippen molar-refractivity contribution >= 4 is 23.4 Å². The number of carbonyl (C=O) groups is 1. The number of hydrogen-bond donors (Lipinski definition) is 1. The van der Waals surface area contributed by atoms with Crippen molar-refractivity contribution in [1.29, 1.82) is 0 Å². The lowest BCUT2D eigenvalue weighted by Crippen LogP contribution is -2.32. The van der Waals surface area contributed by atoms with E-state index in [4.69, 9.17) is 0 Å². The molecule has 2 nitrogen and oxygen atoms in total. The van der Waals surface area contributed by atoms with Gasteiger partial charge in [0.05, 0.1) is 4.75 Å². The molecule has 0 atom stereocenters. The number of anilines is 1. The van der Waals surface area contributed by atoms with Crippen molar-refractivity contribution in [3.05, 3.63) is 29.8 Å². The first-order chi connectivity index (χ1) is 6.59. The predicted molar refractivity (Wildman–Crippen MR) is 60.4 cm³/mol. The fourth-order valence-corrected chi connectivity index (χ4v) is 2.31. The van der Waals surface area contributed by atoms with E-state index in [-0.39, 0.29) is 10.7 Å². The number of amides is 1. The zero-order valence-electron chi connectivity index (χ0n) is 8.33. The van der Waals surface area contributed by atoms with Gasteiger partial charge in [-0.25, -0.2) is 0 Å². The van der Waals surface area contributed by atoms with Gasteiger partial charge in [-0.1, -0.05) is 18.2 Å². The average Bonchev–Trinajstić information content (AvgIpc) is 2.26. The summed E-state index contributed by atoms with van der Waals surface area (Å²) in [5.41, 5.74) is 2.16. The summed E-state index contributed by atoms with van der Waals surface area (Å²) in [6.45, 7) is 3.91. The van der Waals surface area contributed by atoms with Crippen LogP contribution >= 0.6 is 11.8 Å². The number of rotatable bonds is 0. The molecule has 0 bridgehead atoms. The van der Waals surface area contributed by atoms with Crippen LogP contribution in [0, 0.1) is 0 Å². The van der Waals surface area contributed by atoms with Crippen LogP contribution in [0.2, 0.25) is 0 Å². The maximum Gasteiger partial charge on any atom is 0.240 e. The molecule has 0 aliphatic carbocycles. The Morgan fingerprint density at radius 2 is 2.07 bits per heavy atom. The predicted octanol–water partition coefficient (Wildman–Crippen LogP) is 2.65. The summed E-state index contributed by atoms with van der Waals surface area (Å²) in [5.74, 6) is 0.981. The molecule has 0 unspecified atom stereocenters. The van der Waals surface area contributed by atoms with Crippen molar-refractivity contribution in [2.75, 3.05) is 5.32 Å². The van der Waals surface area contributed by atoms with Gasteiger partial charge in [0, 0.05) is 11.4 Å². The summed E-state index contributed by atoms with van der Waals surface area (Å²) in [7, 11) is 0. The number of fused-ring (bicyclic) bond motifs is 1. The van der Waals surface area contributed by atoms with E-state index in [0.29, 0.717) is 0 Å². The summed E-state index contributed by atoms with van der Waals surface area (Å²) in [5, 5.41) is 2.95. The molecule has 0 saturated heterocycles. The molecule has 0 fully saturated rings. The molecule has 1 aromatic rings. The highest BCUT2D eigenvalue weighted by Crippen LogP contribution is 2.35. The van der Waals surface area contributed by atoms with E-state index in [0.717, 1.165) is 11.4 Å². The molecule has 1 aliphatic rings. The lowest BCUT2D eigenvalue weighted by atomic mass is 10.1. The van der Waals surface area contributed by atoms with Crippen LogP contribution in [0.3, 0.4) is 0 Å². The number of carbonyl (C=O) groups excluding carboxylic acids is 1. The SMILES string of the molecule is CC1(C)SCc2ccccc2NC1=O. The second-order valence-electron chi connectivity index (χ2n) is 3.91. The van der Waals surface area contributed by atoms with Gasteiger partial charge in [-0.2, -0.15) is 0 Å². The van der Waals surface area contributed by atoms with Crippen LogP contribution in [0.4, 0.5) is 5.69 Å². The fourth-order valence-electron chi connectivity index (χ4n) is 1.36. The Hall–Kier alpha value is -0.960. The number of benzene rings is 1. The quantitative estimate of drug-likeness (QED) is 0.708. The van der Waals surface area contributed by atoms with Crippen molar-refractivity contribution in [2.24, 2.45) is 0 Å². The minimum atomic E-state index is -0.334. The first kappa shape index (κ1) is 9.59. The van der Waals surface area contributed by atoms with Gasteiger partial charge >= 0.3 is 0 Å². The topological polar surface area (TPSA) is 29.1 Å². The Kier molecular flexibility index (Phi) is 2.27. The van der Waals surface area contributed by atoms with Crippen molar-refractivity contribution in [3.63, 3.8) is 0 Å². The molecule has 0 radical (unpaired) electrons. The summed E-state index contributed by atoms with van der Waals surface area (Å²) in [6.07, 6.45) is 0. The Bertz CT molecular complexity index is 373. The van der Waals surface area contributed by atoms with Crippen LogP contribution < -0.4 is 5.32 Å². The van der Waals surface area contributed by atoms with E-state index in [1.54, 1.807) is 11.8 Å². The van der Waals surface area contributed by atoms with Gasteiger partial charge in [-0.15, -0.1) is 11.8 Å². The first-order valence-corrected chi connectivity index (χ1v) is 5.61. The van der Waals surface area contributed by atoms with E-state index >= 15 is 0 Å². The van der Waals surface area contributed by atoms with Crippen LogP contribution in [0.25, 0.3) is 0 Å². The first-order valence-electron chi connectivity index (χ1n) is 4.63. The lowest BCUT2D eigenvalue weighted by Gasteiger charge is -2.18. The zero-order chi connectivity index (χ0) is 10.2. The molecule has 1 heterocycles. The summed E-state index contributed by atoms with van der Waals surface area (Å²) >= 11 is 1.68. The van der Waals surface area contributed by atoms with Gasteiger partial charge < -0.3 is 5.32 Å². The van der Waals surface area contributed by atoms with E-state index in [1.807, 2.05) is 32.0 Å². The third-order valence-electron chi connectivity index (χ3n) is 2.40. The third-order valence-corrected chi connectivity index (χ3v) is 3.76. The van der Waals surface area contributed by atoms with Crippen LogP contribution in [0.1, 0.15) is 19.4 Å². The summed E-state index contributed by atoms with van der Waals surface area (Å²) in [6, 6.07) is 7.96. The van der Waals surface area contributed by atoms with Gasteiger partial charge in [-0.05, 0) is 25.5 Å². The molecule has 2 rings (SSSR count). The normalized spacial score (nSPS) is 19.4. The van der Waals surface area contributed by atoms with Crippen LogP contribution in [-0.4, -0.2) is 10.7 Å². The summed E-state index contributed by atoms with van der Waals surface area (Å²) < 4.78 is -0.334. The van der Waals surface area contributed by atoms with Crippen molar-refractivity contribution in [2.45, 2.75) is 24.3 Å². The maximum atomic E-state index is 11.8. The molecule has 0 aromatic heterocycles. The van der Waals surface area contributed by atoms with Crippen molar-refractivity contribution in [3.8, 4) is 0 Å². The van der Waals surface area contributed by atoms with Crippen LogP contribution in [0.5, 0.6) is 0 Å². The molecule has 74 valence electrons. The Morgan fingerprint density at radius 1 is 1.36 bits per heavy atom. The van der Waals surface area contributed by atoms with E-state index < -0.39 is 0 Å². The van der Waals surface area contributed by atoms with E-state index in [9.17, 15) is 4.79 Å². The van der Waals surface area contributed by atoms with Crippen molar-refractivity contribution < 1.29 is 4.79 Å². The standard InChI is InChI=1S/C11H13NOS/c1-11(2)10(13)12-9-6-4-3-5-8(9)7-14-11/h3-6H,7H2,1-2H3,(H,12,13). The Balaban J connectivity index is 2.38. The highest BCUT2D eigenvalue weighted by molar-refractivity contribution is 8.00. The Morgan fingerprint density at radius 3 is 2.86 bits per heavy atom. The van der Waals surface area contributed by atoms with Crippen molar-refractivity contribution in [1.82, 2.24) is 0 Å². The highest BCUT2D eigenvalue weighted by Gasteiger charge is 2.31. The molecule has 1 aromatic carbocycles. The molecule has 0 saturated carbocycles. The Labute approximate surface area is 88.1 Å². The second-order valence-corrected chi connectivity index (χ2v) is 5.51. The second kappa shape index (κ2) is 3.31. The largest absolute Gasteiger partial charge is 0.325 e. The number of nitrogens with one attached hydrogen (secondary N) is 1. The average molecular weight is 207 g/mol. The van der Waals surface area contributed by atoms with Crippen LogP contribution in [0.15, 0.2) is 24.3 Å². The molecule has 0 spiro atoms. The van der Waals surface area contributed by atoms with Gasteiger partial charge in [0.1, 0.15) is 0 Å². The molecule has 14 heavy (non-hydrogen) atoms. The minimum absolute atomic E-state index is 0.0902. The summed E-state index contributed by atoms with van der Waals surface area (Å²) in [4.78, 5) is 11.8. The van der Waals surface area contributed by atoms with Gasteiger partial charge in [0.25, 0.3) is 0 Å². The monoisotopic (exact) mass is 207 g/mol. The molecule has 1 amide bonds. The van der Waals surface area contributed by atoms with E-state index in [2.05, 4.69) is 11.4 Å². The smallest absolute Gasteiger partial charge is 0.240 e.